The smallest absolute Gasteiger partial charge is 0.266 e. The van der Waals surface area contributed by atoms with Crippen molar-refractivity contribution in [1.29, 1.82) is 0 Å². The number of benzene rings is 2. The first-order valence-electron chi connectivity index (χ1n) is 10.5. The average molecular weight is 424 g/mol. The van der Waals surface area contributed by atoms with E-state index in [1.54, 1.807) is 4.57 Å². The zero-order valence-corrected chi connectivity index (χ0v) is 19.0. The first-order chi connectivity index (χ1) is 14.5. The molecule has 0 saturated heterocycles. The summed E-state index contributed by atoms with van der Waals surface area (Å²) in [6.45, 7) is 9.53. The van der Waals surface area contributed by atoms with E-state index in [1.165, 1.54) is 11.8 Å². The minimum atomic E-state index is -0.0609. The highest BCUT2D eigenvalue weighted by molar-refractivity contribution is 7.99. The maximum absolute atomic E-state index is 13.3. The van der Waals surface area contributed by atoms with E-state index in [2.05, 4.69) is 6.07 Å². The number of carbonyl (C=O) groups is 1. The summed E-state index contributed by atoms with van der Waals surface area (Å²) < 4.78 is 1.72. The van der Waals surface area contributed by atoms with Crippen molar-refractivity contribution >= 4 is 28.6 Å². The summed E-state index contributed by atoms with van der Waals surface area (Å²) in [7, 11) is 0. The Morgan fingerprint density at radius 1 is 1.10 bits per heavy atom. The number of aryl methyl sites for hydroxylation is 2. The zero-order valence-electron chi connectivity index (χ0n) is 18.1. The van der Waals surface area contributed by atoms with Gasteiger partial charge in [-0.2, -0.15) is 0 Å². The van der Waals surface area contributed by atoms with E-state index >= 15 is 0 Å². The van der Waals surface area contributed by atoms with Crippen LogP contribution in [-0.4, -0.2) is 39.2 Å². The summed E-state index contributed by atoms with van der Waals surface area (Å²) in [5.41, 5.74) is 3.68. The molecule has 0 saturated carbocycles. The Balaban J connectivity index is 1.91. The van der Waals surface area contributed by atoms with Gasteiger partial charge in [0.2, 0.25) is 5.91 Å². The lowest BCUT2D eigenvalue weighted by Crippen LogP contribution is -2.30. The van der Waals surface area contributed by atoms with Crippen molar-refractivity contribution in [3.05, 3.63) is 63.9 Å². The van der Waals surface area contributed by atoms with Crippen molar-refractivity contribution in [1.82, 2.24) is 14.5 Å². The Morgan fingerprint density at radius 2 is 1.83 bits per heavy atom. The summed E-state index contributed by atoms with van der Waals surface area (Å²) in [4.78, 5) is 32.2. The molecule has 1 amide bonds. The largest absolute Gasteiger partial charge is 0.343 e. The molecule has 0 atom stereocenters. The van der Waals surface area contributed by atoms with Crippen LogP contribution in [0.3, 0.4) is 0 Å². The average Bonchev–Trinajstić information content (AvgIpc) is 2.73. The lowest BCUT2D eigenvalue weighted by molar-refractivity contribution is -0.130. The van der Waals surface area contributed by atoms with Crippen LogP contribution in [-0.2, 0) is 4.79 Å². The number of amides is 1. The number of hydrogen-bond donors (Lipinski definition) is 0. The van der Waals surface area contributed by atoms with Crippen LogP contribution in [0.4, 0.5) is 0 Å². The van der Waals surface area contributed by atoms with Crippen LogP contribution in [0.15, 0.2) is 52.4 Å². The van der Waals surface area contributed by atoms with Gasteiger partial charge in [-0.05, 0) is 57.9 Å². The van der Waals surface area contributed by atoms with Crippen LogP contribution in [0.1, 0.15) is 37.8 Å². The molecule has 0 fully saturated rings. The highest BCUT2D eigenvalue weighted by Gasteiger charge is 2.15. The zero-order chi connectivity index (χ0) is 21.7. The molecule has 158 valence electrons. The van der Waals surface area contributed by atoms with Crippen LogP contribution in [0.5, 0.6) is 0 Å². The molecule has 0 radical (unpaired) electrons. The van der Waals surface area contributed by atoms with Gasteiger partial charge < -0.3 is 4.90 Å². The second-order valence-corrected chi connectivity index (χ2v) is 8.42. The predicted molar refractivity (Wildman–Crippen MR) is 125 cm³/mol. The van der Waals surface area contributed by atoms with Crippen LogP contribution >= 0.6 is 11.8 Å². The molecule has 3 aromatic rings. The van der Waals surface area contributed by atoms with Gasteiger partial charge in [-0.25, -0.2) is 4.98 Å². The topological polar surface area (TPSA) is 55.2 Å². The number of aromatic nitrogens is 2. The second kappa shape index (κ2) is 9.94. The van der Waals surface area contributed by atoms with Gasteiger partial charge in [0.15, 0.2) is 5.16 Å². The molecular formula is C24H29N3O2S. The Labute approximate surface area is 182 Å². The number of fused-ring (bicyclic) bond motifs is 1. The number of hydrogen-bond acceptors (Lipinski definition) is 4. The fraction of sp³-hybridized carbons (Fsp3) is 0.375. The first kappa shape index (κ1) is 22.1. The maximum Gasteiger partial charge on any atom is 0.266 e. The monoisotopic (exact) mass is 423 g/mol. The normalized spacial score (nSPS) is 11.1. The van der Waals surface area contributed by atoms with Crippen molar-refractivity contribution in [3.63, 3.8) is 0 Å². The molecule has 30 heavy (non-hydrogen) atoms. The van der Waals surface area contributed by atoms with Gasteiger partial charge in [-0.3, -0.25) is 14.2 Å². The van der Waals surface area contributed by atoms with Gasteiger partial charge in [0, 0.05) is 25.3 Å². The minimum Gasteiger partial charge on any atom is -0.343 e. The highest BCUT2D eigenvalue weighted by atomic mass is 32.2. The SMILES string of the molecule is CCN(CC)C(=O)CCCSc1nc2ccccc2c(=O)n1-c1ccc(C)cc1C. The van der Waals surface area contributed by atoms with E-state index < -0.39 is 0 Å². The van der Waals surface area contributed by atoms with Crippen LogP contribution in [0, 0.1) is 13.8 Å². The van der Waals surface area contributed by atoms with Crippen LogP contribution in [0.25, 0.3) is 16.6 Å². The molecule has 3 rings (SSSR count). The summed E-state index contributed by atoms with van der Waals surface area (Å²) in [5, 5.41) is 1.28. The Hall–Kier alpha value is -2.60. The molecule has 0 unspecified atom stereocenters. The van der Waals surface area contributed by atoms with E-state index in [4.69, 9.17) is 4.98 Å². The number of rotatable bonds is 8. The molecule has 6 heteroatoms. The standard InChI is InChI=1S/C24H29N3O2S/c1-5-26(6-2)22(28)12-9-15-30-24-25-20-11-8-7-10-19(20)23(29)27(24)21-14-13-17(3)16-18(21)4/h7-8,10-11,13-14,16H,5-6,9,12,15H2,1-4H3. The molecule has 5 nitrogen and oxygen atoms in total. The number of thioether (sulfide) groups is 1. The van der Waals surface area contributed by atoms with Crippen LogP contribution < -0.4 is 5.56 Å². The molecule has 0 aliphatic rings. The second-order valence-electron chi connectivity index (χ2n) is 7.36. The Morgan fingerprint density at radius 3 is 2.53 bits per heavy atom. The van der Waals surface area contributed by atoms with Crippen molar-refractivity contribution in [3.8, 4) is 5.69 Å². The Bertz CT molecular complexity index is 1100. The van der Waals surface area contributed by atoms with Gasteiger partial charge in [-0.15, -0.1) is 0 Å². The maximum atomic E-state index is 13.3. The van der Waals surface area contributed by atoms with E-state index in [0.29, 0.717) is 22.5 Å². The summed E-state index contributed by atoms with van der Waals surface area (Å²) in [5.74, 6) is 0.904. The van der Waals surface area contributed by atoms with Crippen molar-refractivity contribution < 1.29 is 4.79 Å². The predicted octanol–water partition coefficient (Wildman–Crippen LogP) is 4.74. The molecule has 1 heterocycles. The lowest BCUT2D eigenvalue weighted by atomic mass is 10.1. The van der Waals surface area contributed by atoms with Gasteiger partial charge >= 0.3 is 0 Å². The van der Waals surface area contributed by atoms with Crippen molar-refractivity contribution in [2.75, 3.05) is 18.8 Å². The third-order valence-corrected chi connectivity index (χ3v) is 6.25. The van der Waals surface area contributed by atoms with Gasteiger partial charge in [0.05, 0.1) is 16.6 Å². The fourth-order valence-corrected chi connectivity index (χ4v) is 4.54. The molecule has 0 aliphatic heterocycles. The molecule has 0 N–H and O–H groups in total. The number of carbonyl (C=O) groups excluding carboxylic acids is 1. The third kappa shape index (κ3) is 4.75. The quantitative estimate of drug-likeness (QED) is 0.298. The molecule has 1 aromatic heterocycles. The lowest BCUT2D eigenvalue weighted by Gasteiger charge is -2.18. The number of para-hydroxylation sites is 1. The van der Waals surface area contributed by atoms with Crippen LogP contribution in [0.2, 0.25) is 0 Å². The molecule has 0 spiro atoms. The van der Waals surface area contributed by atoms with Gasteiger partial charge in [0.25, 0.3) is 5.56 Å². The molecule has 2 aromatic carbocycles. The van der Waals surface area contributed by atoms with Crippen molar-refractivity contribution in [2.45, 2.75) is 45.7 Å². The van der Waals surface area contributed by atoms with Gasteiger partial charge in [-0.1, -0.05) is 41.6 Å². The summed E-state index contributed by atoms with van der Waals surface area (Å²) in [6.07, 6.45) is 1.26. The minimum absolute atomic E-state index is 0.0609. The summed E-state index contributed by atoms with van der Waals surface area (Å²) >= 11 is 1.53. The van der Waals surface area contributed by atoms with E-state index in [-0.39, 0.29) is 11.5 Å². The highest BCUT2D eigenvalue weighted by Crippen LogP contribution is 2.24. The van der Waals surface area contributed by atoms with E-state index in [0.717, 1.165) is 42.1 Å². The van der Waals surface area contributed by atoms with E-state index in [1.807, 2.05) is 69.0 Å². The first-order valence-corrected chi connectivity index (χ1v) is 11.4. The third-order valence-electron chi connectivity index (χ3n) is 5.22. The molecular weight excluding hydrogens is 394 g/mol. The molecule has 0 bridgehead atoms. The summed E-state index contributed by atoms with van der Waals surface area (Å²) in [6, 6.07) is 13.5. The number of nitrogens with zero attached hydrogens (tertiary/aromatic N) is 3. The molecule has 0 aliphatic carbocycles. The van der Waals surface area contributed by atoms with Crippen molar-refractivity contribution in [2.24, 2.45) is 0 Å². The van der Waals surface area contributed by atoms with E-state index in [9.17, 15) is 9.59 Å². The van der Waals surface area contributed by atoms with Gasteiger partial charge in [0.1, 0.15) is 0 Å². The Kier molecular flexibility index (Phi) is 7.32. The fourth-order valence-electron chi connectivity index (χ4n) is 3.60.